The van der Waals surface area contributed by atoms with Gasteiger partial charge in [0.25, 0.3) is 0 Å². The van der Waals surface area contributed by atoms with Gasteiger partial charge >= 0.3 is 6.11 Å². The fourth-order valence-corrected chi connectivity index (χ4v) is 0.278. The quantitative estimate of drug-likeness (QED) is 0.591. The van der Waals surface area contributed by atoms with Crippen molar-refractivity contribution in [2.75, 3.05) is 20.7 Å². The molecule has 0 spiro atoms. The number of hydrogen-bond acceptors (Lipinski definition) is 2. The first-order valence-corrected chi connectivity index (χ1v) is 2.20. The van der Waals surface area contributed by atoms with E-state index < -0.39 is 12.7 Å². The van der Waals surface area contributed by atoms with Crippen molar-refractivity contribution in [3.8, 4) is 0 Å². The largest absolute Gasteiger partial charge is 0.367 e. The van der Waals surface area contributed by atoms with Gasteiger partial charge in [0.05, 0.1) is 6.54 Å². The first kappa shape index (κ1) is 7.78. The lowest BCUT2D eigenvalue weighted by atomic mass is 10.6. The second kappa shape index (κ2) is 2.94. The molecule has 0 aliphatic rings. The van der Waals surface area contributed by atoms with E-state index in [9.17, 15) is 8.78 Å². The zero-order chi connectivity index (χ0) is 6.62. The molecular weight excluding hydrogens is 116 g/mol. The summed E-state index contributed by atoms with van der Waals surface area (Å²) in [4.78, 5) is 0. The van der Waals surface area contributed by atoms with Crippen LogP contribution in [0.5, 0.6) is 0 Å². The van der Waals surface area contributed by atoms with Crippen LogP contribution < -0.4 is 5.32 Å². The molecule has 0 radical (unpaired) electrons. The monoisotopic (exact) mass is 125 g/mol. The molecule has 0 saturated heterocycles. The van der Waals surface area contributed by atoms with Crippen LogP contribution >= 0.6 is 0 Å². The summed E-state index contributed by atoms with van der Waals surface area (Å²) in [5, 5.41) is 2.28. The highest BCUT2D eigenvalue weighted by molar-refractivity contribution is 4.51. The second-order valence-electron chi connectivity index (χ2n) is 1.37. The molecule has 50 valence electrons. The van der Waals surface area contributed by atoms with E-state index >= 15 is 0 Å². The van der Waals surface area contributed by atoms with Gasteiger partial charge < -0.3 is 10.1 Å². The van der Waals surface area contributed by atoms with Crippen LogP contribution in [0.15, 0.2) is 0 Å². The molecule has 0 atom stereocenters. The summed E-state index contributed by atoms with van der Waals surface area (Å²) in [5.74, 6) is 0. The molecule has 0 aliphatic heterocycles. The van der Waals surface area contributed by atoms with Crippen LogP contribution in [0.3, 0.4) is 0 Å². The van der Waals surface area contributed by atoms with Crippen molar-refractivity contribution in [3.05, 3.63) is 0 Å². The molecule has 0 aromatic rings. The minimum absolute atomic E-state index is 0.441. The average Bonchev–Trinajstić information content (AvgIpc) is 1.67. The van der Waals surface area contributed by atoms with Crippen LogP contribution in [0.4, 0.5) is 8.78 Å². The van der Waals surface area contributed by atoms with Gasteiger partial charge in [-0.2, -0.15) is 8.78 Å². The number of methoxy groups -OCH3 is 1. The Bertz CT molecular complexity index is 67.1. The molecule has 8 heavy (non-hydrogen) atoms. The third kappa shape index (κ3) is 2.87. The van der Waals surface area contributed by atoms with Crippen molar-refractivity contribution in [1.29, 1.82) is 0 Å². The van der Waals surface area contributed by atoms with Crippen molar-refractivity contribution in [2.45, 2.75) is 6.11 Å². The summed E-state index contributed by atoms with van der Waals surface area (Å²) < 4.78 is 27.5. The van der Waals surface area contributed by atoms with E-state index in [0.717, 1.165) is 7.11 Å². The van der Waals surface area contributed by atoms with E-state index in [4.69, 9.17) is 0 Å². The summed E-state index contributed by atoms with van der Waals surface area (Å²) in [6.07, 6.45) is -3.02. The fraction of sp³-hybridized carbons (Fsp3) is 1.00. The Balaban J connectivity index is 3.37. The first-order valence-electron chi connectivity index (χ1n) is 2.20. The SMILES string of the molecule is CNCC(F)(F)OC. The smallest absolute Gasteiger partial charge is 0.323 e. The average molecular weight is 125 g/mol. The van der Waals surface area contributed by atoms with Crippen molar-refractivity contribution in [1.82, 2.24) is 5.32 Å². The lowest BCUT2D eigenvalue weighted by molar-refractivity contribution is -0.216. The van der Waals surface area contributed by atoms with Crippen LogP contribution in [0.2, 0.25) is 0 Å². The van der Waals surface area contributed by atoms with E-state index in [1.54, 1.807) is 0 Å². The Morgan fingerprint density at radius 3 is 2.25 bits per heavy atom. The Morgan fingerprint density at radius 2 is 2.12 bits per heavy atom. The molecule has 0 fully saturated rings. The highest BCUT2D eigenvalue weighted by atomic mass is 19.3. The topological polar surface area (TPSA) is 21.3 Å². The van der Waals surface area contributed by atoms with Gasteiger partial charge in [-0.1, -0.05) is 0 Å². The molecule has 1 N–H and O–H groups in total. The van der Waals surface area contributed by atoms with Crippen molar-refractivity contribution >= 4 is 0 Å². The highest BCUT2D eigenvalue weighted by Gasteiger charge is 2.26. The Morgan fingerprint density at radius 1 is 1.62 bits per heavy atom. The number of nitrogens with one attached hydrogen (secondary N) is 1. The Kier molecular flexibility index (Phi) is 2.86. The normalized spacial score (nSPS) is 12.0. The lowest BCUT2D eigenvalue weighted by Crippen LogP contribution is -2.31. The molecule has 0 aromatic heterocycles. The van der Waals surface area contributed by atoms with Gasteiger partial charge in [-0.15, -0.1) is 0 Å². The number of rotatable bonds is 3. The number of hydrogen-bond donors (Lipinski definition) is 1. The van der Waals surface area contributed by atoms with Crippen LogP contribution in [0.1, 0.15) is 0 Å². The van der Waals surface area contributed by atoms with Gasteiger partial charge in [0.2, 0.25) is 0 Å². The summed E-state index contributed by atoms with van der Waals surface area (Å²) in [5.41, 5.74) is 0. The molecule has 0 saturated carbocycles. The van der Waals surface area contributed by atoms with E-state index in [2.05, 4.69) is 10.1 Å². The Hall–Kier alpha value is -0.220. The van der Waals surface area contributed by atoms with Crippen molar-refractivity contribution in [3.63, 3.8) is 0 Å². The highest BCUT2D eigenvalue weighted by Crippen LogP contribution is 2.10. The maximum absolute atomic E-state index is 11.9. The molecular formula is C4H9F2NO. The van der Waals surface area contributed by atoms with E-state index in [-0.39, 0.29) is 0 Å². The molecule has 4 heteroatoms. The summed E-state index contributed by atoms with van der Waals surface area (Å²) in [7, 11) is 2.41. The van der Waals surface area contributed by atoms with E-state index in [1.165, 1.54) is 7.05 Å². The maximum Gasteiger partial charge on any atom is 0.367 e. The van der Waals surface area contributed by atoms with Gasteiger partial charge in [0, 0.05) is 7.11 Å². The van der Waals surface area contributed by atoms with Gasteiger partial charge in [-0.3, -0.25) is 0 Å². The molecule has 0 rings (SSSR count). The molecule has 0 aromatic carbocycles. The van der Waals surface area contributed by atoms with E-state index in [0.29, 0.717) is 0 Å². The Labute approximate surface area is 46.8 Å². The predicted octanol–water partition coefficient (Wildman–Crippen LogP) is 0.445. The zero-order valence-corrected chi connectivity index (χ0v) is 4.87. The summed E-state index contributed by atoms with van der Waals surface area (Å²) in [6, 6.07) is 0. The minimum atomic E-state index is -3.02. The van der Waals surface area contributed by atoms with Crippen molar-refractivity contribution in [2.24, 2.45) is 0 Å². The number of alkyl halides is 2. The first-order chi connectivity index (χ1) is 3.62. The second-order valence-corrected chi connectivity index (χ2v) is 1.37. The van der Waals surface area contributed by atoms with Crippen LogP contribution in [0, 0.1) is 0 Å². The van der Waals surface area contributed by atoms with Crippen LogP contribution in [-0.4, -0.2) is 26.8 Å². The standard InChI is InChI=1S/C4H9F2NO/c1-7-3-4(5,6)8-2/h7H,3H2,1-2H3. The summed E-state index contributed by atoms with van der Waals surface area (Å²) >= 11 is 0. The van der Waals surface area contributed by atoms with Crippen LogP contribution in [-0.2, 0) is 4.74 Å². The third-order valence-corrected chi connectivity index (χ3v) is 0.681. The molecule has 0 bridgehead atoms. The number of halogens is 2. The summed E-state index contributed by atoms with van der Waals surface area (Å²) in [6.45, 7) is -0.441. The predicted molar refractivity (Wildman–Crippen MR) is 25.9 cm³/mol. The molecule has 0 aliphatic carbocycles. The number of likely N-dealkylation sites (N-methyl/N-ethyl adjacent to an activating group) is 1. The van der Waals surface area contributed by atoms with Gasteiger partial charge in [0.15, 0.2) is 0 Å². The molecule has 0 unspecified atom stereocenters. The molecule has 2 nitrogen and oxygen atoms in total. The van der Waals surface area contributed by atoms with Gasteiger partial charge in [0.1, 0.15) is 0 Å². The number of ether oxygens (including phenoxy) is 1. The zero-order valence-electron chi connectivity index (χ0n) is 4.87. The van der Waals surface area contributed by atoms with E-state index in [1.807, 2.05) is 0 Å². The maximum atomic E-state index is 11.9. The molecule has 0 heterocycles. The lowest BCUT2D eigenvalue weighted by Gasteiger charge is -2.11. The molecule has 0 amide bonds. The third-order valence-electron chi connectivity index (χ3n) is 0.681. The minimum Gasteiger partial charge on any atom is -0.323 e. The van der Waals surface area contributed by atoms with Gasteiger partial charge in [-0.25, -0.2) is 0 Å². The fourth-order valence-electron chi connectivity index (χ4n) is 0.278. The van der Waals surface area contributed by atoms with Crippen molar-refractivity contribution < 1.29 is 13.5 Å². The van der Waals surface area contributed by atoms with Gasteiger partial charge in [-0.05, 0) is 7.05 Å². The van der Waals surface area contributed by atoms with Crippen LogP contribution in [0.25, 0.3) is 0 Å².